The minimum Gasteiger partial charge on any atom is -0.389 e. The van der Waals surface area contributed by atoms with Crippen LogP contribution in [0.15, 0.2) is 18.2 Å². The van der Waals surface area contributed by atoms with E-state index in [1.807, 2.05) is 6.07 Å². The van der Waals surface area contributed by atoms with Gasteiger partial charge in [0.2, 0.25) is 0 Å². The maximum Gasteiger partial charge on any atom is 0.103 e. The summed E-state index contributed by atoms with van der Waals surface area (Å²) in [7, 11) is 0. The molecule has 2 fully saturated rings. The molecule has 0 radical (unpaired) electrons. The van der Waals surface area contributed by atoms with E-state index in [4.69, 9.17) is 18.0 Å². The fourth-order valence-electron chi connectivity index (χ4n) is 2.69. The molecule has 0 spiro atoms. The van der Waals surface area contributed by atoms with Crippen molar-refractivity contribution in [3.05, 3.63) is 29.3 Å². The second-order valence-electron chi connectivity index (χ2n) is 5.74. The number of hydrogen-bond acceptors (Lipinski definition) is 2. The molecule has 3 rings (SSSR count). The molecule has 3 N–H and O–H groups in total. The van der Waals surface area contributed by atoms with Crippen molar-refractivity contribution in [2.75, 3.05) is 5.32 Å². The quantitative estimate of drug-likeness (QED) is 0.798. The highest BCUT2D eigenvalue weighted by molar-refractivity contribution is 7.80. The van der Waals surface area contributed by atoms with E-state index in [1.165, 1.54) is 36.9 Å². The van der Waals surface area contributed by atoms with Gasteiger partial charge in [0.1, 0.15) is 4.99 Å². The van der Waals surface area contributed by atoms with Gasteiger partial charge < -0.3 is 11.1 Å². The second-order valence-corrected chi connectivity index (χ2v) is 6.18. The van der Waals surface area contributed by atoms with Gasteiger partial charge in [-0.2, -0.15) is 0 Å². The number of hydrogen-bond donors (Lipinski definition) is 2. The van der Waals surface area contributed by atoms with Gasteiger partial charge in [-0.25, -0.2) is 0 Å². The molecule has 0 aliphatic heterocycles. The van der Waals surface area contributed by atoms with Crippen LogP contribution < -0.4 is 11.1 Å². The first-order chi connectivity index (χ1) is 8.65. The number of aryl methyl sites for hydroxylation is 1. The van der Waals surface area contributed by atoms with Crippen molar-refractivity contribution >= 4 is 22.9 Å². The lowest BCUT2D eigenvalue weighted by Crippen LogP contribution is -2.24. The first-order valence-electron chi connectivity index (χ1n) is 6.82. The average Bonchev–Trinajstić information content (AvgIpc) is 3.19. The Labute approximate surface area is 114 Å². The van der Waals surface area contributed by atoms with Crippen LogP contribution in [0.25, 0.3) is 0 Å². The van der Waals surface area contributed by atoms with Crippen molar-refractivity contribution in [2.24, 2.45) is 17.6 Å². The van der Waals surface area contributed by atoms with Crippen LogP contribution in [0.3, 0.4) is 0 Å². The van der Waals surface area contributed by atoms with Gasteiger partial charge in [-0.1, -0.05) is 12.2 Å². The number of nitrogens with one attached hydrogen (secondary N) is 1. The molecule has 0 atom stereocenters. The Hall–Kier alpha value is -1.09. The van der Waals surface area contributed by atoms with Crippen LogP contribution >= 0.6 is 12.2 Å². The Morgan fingerprint density at radius 2 is 1.89 bits per heavy atom. The normalized spacial score (nSPS) is 19.0. The zero-order valence-electron chi connectivity index (χ0n) is 10.8. The molecule has 0 amide bonds. The molecule has 0 aromatic heterocycles. The third-order valence-corrected chi connectivity index (χ3v) is 4.33. The molecule has 1 aromatic carbocycles. The predicted octanol–water partition coefficient (Wildman–Crippen LogP) is 3.23. The van der Waals surface area contributed by atoms with Crippen LogP contribution in [0, 0.1) is 18.8 Å². The minimum absolute atomic E-state index is 0.477. The van der Waals surface area contributed by atoms with E-state index in [1.54, 1.807) is 0 Å². The molecule has 1 aromatic rings. The van der Waals surface area contributed by atoms with Crippen LogP contribution in [0.1, 0.15) is 36.8 Å². The van der Waals surface area contributed by atoms with Crippen molar-refractivity contribution in [1.29, 1.82) is 0 Å². The van der Waals surface area contributed by atoms with E-state index >= 15 is 0 Å². The van der Waals surface area contributed by atoms with E-state index in [2.05, 4.69) is 24.4 Å². The zero-order valence-corrected chi connectivity index (χ0v) is 11.6. The summed E-state index contributed by atoms with van der Waals surface area (Å²) >= 11 is 5.01. The number of anilines is 1. The van der Waals surface area contributed by atoms with Crippen LogP contribution in [-0.4, -0.2) is 11.0 Å². The van der Waals surface area contributed by atoms with Gasteiger partial charge in [-0.15, -0.1) is 0 Å². The van der Waals surface area contributed by atoms with E-state index < -0.39 is 0 Å². The summed E-state index contributed by atoms with van der Waals surface area (Å²) in [6.45, 7) is 2.13. The minimum atomic E-state index is 0.477. The first-order valence-corrected chi connectivity index (χ1v) is 7.23. The molecule has 2 aliphatic carbocycles. The van der Waals surface area contributed by atoms with Crippen LogP contribution in [0.5, 0.6) is 0 Å². The number of benzene rings is 1. The van der Waals surface area contributed by atoms with E-state index in [9.17, 15) is 0 Å². The summed E-state index contributed by atoms with van der Waals surface area (Å²) < 4.78 is 0. The monoisotopic (exact) mass is 260 g/mol. The van der Waals surface area contributed by atoms with Gasteiger partial charge in [0.05, 0.1) is 0 Å². The van der Waals surface area contributed by atoms with Crippen molar-refractivity contribution in [3.8, 4) is 0 Å². The van der Waals surface area contributed by atoms with E-state index in [0.29, 0.717) is 11.0 Å². The fraction of sp³-hybridized carbons (Fsp3) is 0.533. The van der Waals surface area contributed by atoms with Crippen molar-refractivity contribution < 1.29 is 0 Å². The number of thiocarbonyl (C=S) groups is 1. The van der Waals surface area contributed by atoms with Gasteiger partial charge in [0, 0.05) is 17.3 Å². The molecule has 96 valence electrons. The highest BCUT2D eigenvalue weighted by Gasteiger charge is 2.41. The van der Waals surface area contributed by atoms with Crippen molar-refractivity contribution in [3.63, 3.8) is 0 Å². The predicted molar refractivity (Wildman–Crippen MR) is 79.9 cm³/mol. The molecule has 2 aliphatic rings. The maximum absolute atomic E-state index is 5.66. The lowest BCUT2D eigenvalue weighted by Gasteiger charge is -2.21. The van der Waals surface area contributed by atoms with E-state index in [0.717, 1.165) is 17.4 Å². The molecule has 3 heteroatoms. The largest absolute Gasteiger partial charge is 0.389 e. The van der Waals surface area contributed by atoms with Crippen LogP contribution in [0.4, 0.5) is 5.69 Å². The van der Waals surface area contributed by atoms with Crippen molar-refractivity contribution in [1.82, 2.24) is 0 Å². The summed E-state index contributed by atoms with van der Waals surface area (Å²) in [5.74, 6) is 1.82. The third kappa shape index (κ3) is 2.51. The summed E-state index contributed by atoms with van der Waals surface area (Å²) in [4.78, 5) is 0.477. The van der Waals surface area contributed by atoms with Crippen LogP contribution in [0.2, 0.25) is 0 Å². The third-order valence-electron chi connectivity index (χ3n) is 4.09. The summed E-state index contributed by atoms with van der Waals surface area (Å²) in [6, 6.07) is 6.93. The highest BCUT2D eigenvalue weighted by Crippen LogP contribution is 2.46. The number of nitrogens with two attached hydrogens (primary N) is 1. The molecular weight excluding hydrogens is 240 g/mol. The summed E-state index contributed by atoms with van der Waals surface area (Å²) in [5.41, 5.74) is 9.11. The van der Waals surface area contributed by atoms with Crippen LogP contribution in [-0.2, 0) is 0 Å². The van der Waals surface area contributed by atoms with Gasteiger partial charge in [0.25, 0.3) is 0 Å². The zero-order chi connectivity index (χ0) is 12.7. The molecule has 18 heavy (non-hydrogen) atoms. The smallest absolute Gasteiger partial charge is 0.103 e. The number of rotatable bonds is 5. The molecule has 2 nitrogen and oxygen atoms in total. The Morgan fingerprint density at radius 1 is 1.28 bits per heavy atom. The van der Waals surface area contributed by atoms with Gasteiger partial charge in [0.15, 0.2) is 0 Å². The van der Waals surface area contributed by atoms with Crippen molar-refractivity contribution in [2.45, 2.75) is 38.6 Å². The molecule has 0 unspecified atom stereocenters. The molecule has 0 bridgehead atoms. The SMILES string of the molecule is Cc1cc(C(N)=S)ccc1NC(C1CC1)C1CC1. The fourth-order valence-corrected chi connectivity index (χ4v) is 2.82. The first kappa shape index (κ1) is 12.0. The average molecular weight is 260 g/mol. The lowest BCUT2D eigenvalue weighted by atomic mass is 10.0. The molecule has 2 saturated carbocycles. The van der Waals surface area contributed by atoms with E-state index in [-0.39, 0.29) is 0 Å². The second kappa shape index (κ2) is 4.54. The van der Waals surface area contributed by atoms with Gasteiger partial charge >= 0.3 is 0 Å². The Balaban J connectivity index is 1.77. The Morgan fingerprint density at radius 3 is 2.33 bits per heavy atom. The molecule has 0 saturated heterocycles. The van der Waals surface area contributed by atoms with Gasteiger partial charge in [-0.05, 0) is 68.2 Å². The highest BCUT2D eigenvalue weighted by atomic mass is 32.1. The lowest BCUT2D eigenvalue weighted by molar-refractivity contribution is 0.567. The Bertz CT molecular complexity index is 463. The maximum atomic E-state index is 5.66. The topological polar surface area (TPSA) is 38.0 Å². The molecule has 0 heterocycles. The van der Waals surface area contributed by atoms with Gasteiger partial charge in [-0.3, -0.25) is 0 Å². The summed E-state index contributed by atoms with van der Waals surface area (Å²) in [6.07, 6.45) is 5.60. The standard InChI is InChI=1S/C15H20N2S/c1-9-8-12(15(16)18)6-7-13(9)17-14(10-2-3-10)11-4-5-11/h6-8,10-11,14,17H,2-5H2,1H3,(H2,16,18). The summed E-state index contributed by atoms with van der Waals surface area (Å²) in [5, 5.41) is 3.75. The Kier molecular flexibility index (Phi) is 3.02. The molecular formula is C15H20N2S.